The van der Waals surface area contributed by atoms with E-state index in [4.69, 9.17) is 0 Å². The molecule has 162 valence electrons. The van der Waals surface area contributed by atoms with Crippen molar-refractivity contribution in [3.8, 4) is 0 Å². The number of rotatable bonds is 8. The van der Waals surface area contributed by atoms with Gasteiger partial charge in [-0.1, -0.05) is 30.3 Å². The Bertz CT molecular complexity index is 973. The molecule has 2 aromatic carbocycles. The van der Waals surface area contributed by atoms with E-state index in [2.05, 4.69) is 0 Å². The highest BCUT2D eigenvalue weighted by Gasteiger charge is 2.38. The Hall–Kier alpha value is -2.39. The first kappa shape index (κ1) is 22.3. The largest absolute Gasteiger partial charge is 0.405 e. The van der Waals surface area contributed by atoms with E-state index in [1.165, 1.54) is 28.6 Å². The third-order valence-corrected chi connectivity index (χ3v) is 7.06. The molecule has 0 bridgehead atoms. The minimum atomic E-state index is -4.52. The molecule has 1 atom stereocenters. The Morgan fingerprint density at radius 1 is 1.10 bits per heavy atom. The van der Waals surface area contributed by atoms with Gasteiger partial charge in [0.15, 0.2) is 0 Å². The molecule has 9 heteroatoms. The van der Waals surface area contributed by atoms with Crippen LogP contribution in [0.15, 0.2) is 59.5 Å². The third-order valence-electron chi connectivity index (χ3n) is 5.11. The van der Waals surface area contributed by atoms with E-state index in [9.17, 15) is 26.4 Å². The van der Waals surface area contributed by atoms with Crippen molar-refractivity contribution < 1.29 is 26.4 Å². The van der Waals surface area contributed by atoms with E-state index in [1.54, 1.807) is 5.32 Å². The first-order valence-electron chi connectivity index (χ1n) is 9.59. The predicted octanol–water partition coefficient (Wildman–Crippen LogP) is 3.97. The average Bonchev–Trinajstić information content (AvgIpc) is 3.55. The highest BCUT2D eigenvalue weighted by molar-refractivity contribution is 7.89. The van der Waals surface area contributed by atoms with Gasteiger partial charge >= 0.3 is 6.18 Å². The lowest BCUT2D eigenvalue weighted by molar-refractivity contribution is -0.123. The summed E-state index contributed by atoms with van der Waals surface area (Å²) in [4.78, 5) is 11.9. The summed E-state index contributed by atoms with van der Waals surface area (Å²) in [5.74, 6) is -0.611. The maximum absolute atomic E-state index is 13.3. The van der Waals surface area contributed by atoms with Crippen molar-refractivity contribution in [1.82, 2.24) is 9.62 Å². The van der Waals surface area contributed by atoms with Crippen molar-refractivity contribution in [2.75, 3.05) is 6.54 Å². The molecule has 1 N–H and O–H groups in total. The highest BCUT2D eigenvalue weighted by atomic mass is 32.2. The van der Waals surface area contributed by atoms with Crippen LogP contribution in [0.2, 0.25) is 0 Å². The zero-order valence-electron chi connectivity index (χ0n) is 16.4. The lowest BCUT2D eigenvalue weighted by Gasteiger charge is -2.28. The Kier molecular flexibility index (Phi) is 6.52. The number of sulfonamides is 1. The van der Waals surface area contributed by atoms with Crippen LogP contribution in [0.3, 0.4) is 0 Å². The maximum atomic E-state index is 13.3. The number of hydrogen-bond donors (Lipinski definition) is 1. The van der Waals surface area contributed by atoms with E-state index >= 15 is 0 Å². The zero-order valence-corrected chi connectivity index (χ0v) is 17.2. The molecule has 30 heavy (non-hydrogen) atoms. The summed E-state index contributed by atoms with van der Waals surface area (Å²) in [7, 11) is -3.86. The molecule has 5 nitrogen and oxygen atoms in total. The highest BCUT2D eigenvalue weighted by Crippen LogP contribution is 2.37. The number of nitrogens with zero attached hydrogens (tertiary/aromatic N) is 1. The van der Waals surface area contributed by atoms with Gasteiger partial charge in [-0.25, -0.2) is 8.42 Å². The molecular weight excluding hydrogens is 417 g/mol. The molecule has 2 aromatic rings. The summed E-state index contributed by atoms with van der Waals surface area (Å²) in [6.07, 6.45) is -2.57. The van der Waals surface area contributed by atoms with Crippen molar-refractivity contribution >= 4 is 15.9 Å². The summed E-state index contributed by atoms with van der Waals surface area (Å²) in [5.41, 5.74) is 0.819. The van der Waals surface area contributed by atoms with Gasteiger partial charge in [0.2, 0.25) is 10.0 Å². The number of hydrogen-bond acceptors (Lipinski definition) is 3. The minimum absolute atomic E-state index is 0.00157. The van der Waals surface area contributed by atoms with Crippen LogP contribution in [0.5, 0.6) is 0 Å². The normalized spacial score (nSPS) is 15.8. The lowest BCUT2D eigenvalue weighted by atomic mass is 10.2. The van der Waals surface area contributed by atoms with Crippen LogP contribution >= 0.6 is 0 Å². The number of halogens is 3. The molecule has 0 aromatic heterocycles. The van der Waals surface area contributed by atoms with E-state index in [-0.39, 0.29) is 23.0 Å². The monoisotopic (exact) mass is 440 g/mol. The number of alkyl halides is 3. The Morgan fingerprint density at radius 2 is 1.70 bits per heavy atom. The van der Waals surface area contributed by atoms with Gasteiger partial charge in [0.25, 0.3) is 5.91 Å². The first-order chi connectivity index (χ1) is 14.1. The number of nitrogens with one attached hydrogen (secondary N) is 1. The maximum Gasteiger partial charge on any atom is 0.405 e. The van der Waals surface area contributed by atoms with E-state index in [0.29, 0.717) is 5.92 Å². The lowest BCUT2D eigenvalue weighted by Crippen LogP contribution is -2.39. The fourth-order valence-electron chi connectivity index (χ4n) is 3.22. The van der Waals surface area contributed by atoms with Gasteiger partial charge in [-0.15, -0.1) is 0 Å². The van der Waals surface area contributed by atoms with E-state index in [0.717, 1.165) is 18.4 Å². The zero-order chi connectivity index (χ0) is 21.9. The van der Waals surface area contributed by atoms with Gasteiger partial charge in [0.05, 0.1) is 4.90 Å². The molecule has 0 aliphatic heterocycles. The van der Waals surface area contributed by atoms with Crippen LogP contribution in [0.4, 0.5) is 13.2 Å². The second kappa shape index (κ2) is 8.77. The molecule has 0 spiro atoms. The molecular formula is C21H23F3N2O3S. The van der Waals surface area contributed by atoms with Crippen LogP contribution in [-0.4, -0.2) is 37.4 Å². The summed E-state index contributed by atoms with van der Waals surface area (Å²) in [5, 5.41) is 1.77. The fourth-order valence-corrected chi connectivity index (χ4v) is 4.90. The van der Waals surface area contributed by atoms with E-state index < -0.39 is 28.7 Å². The van der Waals surface area contributed by atoms with Crippen molar-refractivity contribution in [2.45, 2.75) is 43.4 Å². The summed E-state index contributed by atoms with van der Waals surface area (Å²) < 4.78 is 64.9. The van der Waals surface area contributed by atoms with Gasteiger partial charge < -0.3 is 5.32 Å². The molecule has 1 amide bonds. The van der Waals surface area contributed by atoms with Crippen LogP contribution in [0.25, 0.3) is 0 Å². The summed E-state index contributed by atoms with van der Waals surface area (Å²) in [6, 6.07) is 14.0. The van der Waals surface area contributed by atoms with Gasteiger partial charge in [-0.05, 0) is 55.5 Å². The molecule has 0 saturated heterocycles. The van der Waals surface area contributed by atoms with Crippen molar-refractivity contribution in [3.05, 3.63) is 65.7 Å². The molecule has 1 saturated carbocycles. The third kappa shape index (κ3) is 5.60. The number of carbonyl (C=O) groups is 1. The molecule has 1 aliphatic rings. The second-order valence-corrected chi connectivity index (χ2v) is 9.33. The van der Waals surface area contributed by atoms with Crippen LogP contribution < -0.4 is 5.32 Å². The molecule has 1 aliphatic carbocycles. The van der Waals surface area contributed by atoms with Crippen molar-refractivity contribution in [2.24, 2.45) is 5.92 Å². The predicted molar refractivity (Wildman–Crippen MR) is 106 cm³/mol. The molecule has 3 rings (SSSR count). The van der Waals surface area contributed by atoms with Gasteiger partial charge in [0.1, 0.15) is 6.54 Å². The Balaban J connectivity index is 1.81. The van der Waals surface area contributed by atoms with E-state index in [1.807, 2.05) is 37.3 Å². The van der Waals surface area contributed by atoms with Gasteiger partial charge in [-0.2, -0.15) is 17.5 Å². The number of benzene rings is 2. The Morgan fingerprint density at radius 3 is 2.23 bits per heavy atom. The number of amides is 1. The summed E-state index contributed by atoms with van der Waals surface area (Å²) >= 11 is 0. The molecule has 0 heterocycles. The second-order valence-electron chi connectivity index (χ2n) is 7.44. The average molecular weight is 440 g/mol. The van der Waals surface area contributed by atoms with Crippen LogP contribution in [-0.2, 0) is 16.6 Å². The van der Waals surface area contributed by atoms with Gasteiger partial charge in [-0.3, -0.25) is 4.79 Å². The SMILES string of the molecule is C[C@@H](C1CC1)N(Cc1ccccc1)S(=O)(=O)c1ccc(C(=O)NCC(F)(F)F)cc1. The number of carbonyl (C=O) groups excluding carboxylic acids is 1. The van der Waals surface area contributed by atoms with Crippen LogP contribution in [0, 0.1) is 5.92 Å². The fraction of sp³-hybridized carbons (Fsp3) is 0.381. The first-order valence-corrected chi connectivity index (χ1v) is 11.0. The Labute approximate surface area is 173 Å². The summed E-state index contributed by atoms with van der Waals surface area (Å²) in [6.45, 7) is 0.654. The molecule has 0 radical (unpaired) electrons. The van der Waals surface area contributed by atoms with Crippen LogP contribution in [0.1, 0.15) is 35.7 Å². The smallest absolute Gasteiger partial charge is 0.343 e. The molecule has 1 fully saturated rings. The van der Waals surface area contributed by atoms with Crippen molar-refractivity contribution in [1.29, 1.82) is 0 Å². The quantitative estimate of drug-likeness (QED) is 0.676. The van der Waals surface area contributed by atoms with Crippen molar-refractivity contribution in [3.63, 3.8) is 0 Å². The minimum Gasteiger partial charge on any atom is -0.343 e. The topological polar surface area (TPSA) is 66.5 Å². The standard InChI is InChI=1S/C21H23F3N2O3S/c1-15(17-7-8-17)26(13-16-5-3-2-4-6-16)30(28,29)19-11-9-18(10-12-19)20(27)25-14-21(22,23)24/h2-6,9-12,15,17H,7-8,13-14H2,1H3,(H,25,27)/t15-/m0/s1. The molecule has 0 unspecified atom stereocenters. The van der Waals surface area contributed by atoms with Gasteiger partial charge in [0, 0.05) is 18.2 Å².